The number of fused-ring (bicyclic) bond motifs is 1. The van der Waals surface area contributed by atoms with Crippen molar-refractivity contribution in [2.75, 3.05) is 19.6 Å². The first kappa shape index (κ1) is 25.7. The molecule has 0 radical (unpaired) electrons. The van der Waals surface area contributed by atoms with Gasteiger partial charge in [-0.1, -0.05) is 23.7 Å². The molecule has 0 aliphatic carbocycles. The SMILES string of the molecule is Cc1ccc(CC(=O)N2CCC[C@@H]3CN(C(=O)c4ccc(Oc5ccc(Cl)cn5)cc4)C[C@H]32)cc1[N+](=O)[O-]. The predicted molar refractivity (Wildman–Crippen MR) is 141 cm³/mol. The van der Waals surface area contributed by atoms with Crippen molar-refractivity contribution in [2.24, 2.45) is 5.92 Å². The van der Waals surface area contributed by atoms with Crippen molar-refractivity contribution in [3.63, 3.8) is 0 Å². The Kier molecular flexibility index (Phi) is 7.28. The topological polar surface area (TPSA) is 106 Å². The number of rotatable bonds is 6. The summed E-state index contributed by atoms with van der Waals surface area (Å²) >= 11 is 5.86. The number of aromatic nitrogens is 1. The molecule has 2 atom stereocenters. The lowest BCUT2D eigenvalue weighted by Crippen LogP contribution is -2.49. The average molecular weight is 535 g/mol. The van der Waals surface area contributed by atoms with Crippen LogP contribution in [-0.4, -0.2) is 57.2 Å². The van der Waals surface area contributed by atoms with Crippen LogP contribution in [0.15, 0.2) is 60.8 Å². The van der Waals surface area contributed by atoms with Crippen LogP contribution in [0.1, 0.15) is 34.3 Å². The van der Waals surface area contributed by atoms with E-state index in [0.29, 0.717) is 53.0 Å². The Morgan fingerprint density at radius 2 is 1.92 bits per heavy atom. The lowest BCUT2D eigenvalue weighted by Gasteiger charge is -2.37. The Morgan fingerprint density at radius 1 is 1.13 bits per heavy atom. The number of piperidine rings is 1. The molecule has 0 saturated carbocycles. The molecule has 2 aliphatic rings. The molecule has 9 nitrogen and oxygen atoms in total. The van der Waals surface area contributed by atoms with Crippen molar-refractivity contribution in [3.05, 3.63) is 92.6 Å². The summed E-state index contributed by atoms with van der Waals surface area (Å²) in [5.41, 5.74) is 1.75. The molecule has 10 heteroatoms. The molecule has 0 unspecified atom stereocenters. The smallest absolute Gasteiger partial charge is 0.272 e. The lowest BCUT2D eigenvalue weighted by atomic mass is 9.91. The van der Waals surface area contributed by atoms with Crippen molar-refractivity contribution in [1.82, 2.24) is 14.8 Å². The number of nitro groups is 1. The minimum atomic E-state index is -0.423. The molecule has 0 spiro atoms. The largest absolute Gasteiger partial charge is 0.439 e. The first-order valence-corrected chi connectivity index (χ1v) is 12.9. The number of nitrogens with zero attached hydrogens (tertiary/aromatic N) is 4. The van der Waals surface area contributed by atoms with Gasteiger partial charge in [0.1, 0.15) is 5.75 Å². The van der Waals surface area contributed by atoms with Crippen LogP contribution in [0.4, 0.5) is 5.69 Å². The fraction of sp³-hybridized carbons (Fsp3) is 0.321. The quantitative estimate of drug-likeness (QED) is 0.323. The maximum absolute atomic E-state index is 13.3. The van der Waals surface area contributed by atoms with Crippen molar-refractivity contribution in [2.45, 2.75) is 32.2 Å². The molecule has 2 aliphatic heterocycles. The minimum absolute atomic E-state index is 0.0188. The average Bonchev–Trinajstić information content (AvgIpc) is 3.35. The number of hydrogen-bond donors (Lipinski definition) is 0. The second-order valence-electron chi connectivity index (χ2n) is 9.76. The number of benzene rings is 2. The van der Waals surface area contributed by atoms with E-state index in [0.717, 1.165) is 12.8 Å². The second-order valence-corrected chi connectivity index (χ2v) is 10.2. The Bertz CT molecular complexity index is 1360. The van der Waals surface area contributed by atoms with E-state index in [1.165, 1.54) is 12.3 Å². The molecule has 38 heavy (non-hydrogen) atoms. The third-order valence-electron chi connectivity index (χ3n) is 7.24. The fourth-order valence-electron chi connectivity index (χ4n) is 5.29. The number of carbonyl (C=O) groups excluding carboxylic acids is 2. The first-order chi connectivity index (χ1) is 18.3. The Hall–Kier alpha value is -3.98. The zero-order valence-corrected chi connectivity index (χ0v) is 21.6. The third-order valence-corrected chi connectivity index (χ3v) is 7.46. The van der Waals surface area contributed by atoms with Crippen LogP contribution in [0.25, 0.3) is 0 Å². The number of nitro benzene ring substituents is 1. The highest BCUT2D eigenvalue weighted by molar-refractivity contribution is 6.30. The van der Waals surface area contributed by atoms with Gasteiger partial charge in [-0.3, -0.25) is 19.7 Å². The van der Waals surface area contributed by atoms with Crippen LogP contribution in [0, 0.1) is 23.0 Å². The highest BCUT2D eigenvalue weighted by Crippen LogP contribution is 2.32. The molecule has 2 aromatic carbocycles. The van der Waals surface area contributed by atoms with Crippen molar-refractivity contribution >= 4 is 29.1 Å². The van der Waals surface area contributed by atoms with Gasteiger partial charge in [-0.15, -0.1) is 0 Å². The van der Waals surface area contributed by atoms with E-state index in [4.69, 9.17) is 16.3 Å². The Labute approximate surface area is 225 Å². The number of ether oxygens (including phenoxy) is 1. The van der Waals surface area contributed by atoms with E-state index >= 15 is 0 Å². The molecule has 2 saturated heterocycles. The van der Waals surface area contributed by atoms with Crippen LogP contribution >= 0.6 is 11.6 Å². The van der Waals surface area contributed by atoms with E-state index < -0.39 is 4.92 Å². The Morgan fingerprint density at radius 3 is 2.63 bits per heavy atom. The molecular weight excluding hydrogens is 508 g/mol. The normalized spacial score (nSPS) is 18.7. The molecule has 2 fully saturated rings. The van der Waals surface area contributed by atoms with E-state index in [-0.39, 0.29) is 35.9 Å². The highest BCUT2D eigenvalue weighted by Gasteiger charge is 2.42. The van der Waals surface area contributed by atoms with Crippen molar-refractivity contribution in [1.29, 1.82) is 0 Å². The maximum Gasteiger partial charge on any atom is 0.272 e. The van der Waals surface area contributed by atoms with Crippen molar-refractivity contribution < 1.29 is 19.2 Å². The van der Waals surface area contributed by atoms with Gasteiger partial charge in [-0.05, 0) is 61.6 Å². The number of pyridine rings is 1. The zero-order chi connectivity index (χ0) is 26.8. The molecule has 5 rings (SSSR count). The summed E-state index contributed by atoms with van der Waals surface area (Å²) in [4.78, 5) is 45.2. The molecular formula is C28H27ClN4O5. The van der Waals surface area contributed by atoms with Gasteiger partial charge in [0, 0.05) is 49.1 Å². The van der Waals surface area contributed by atoms with Gasteiger partial charge in [-0.2, -0.15) is 0 Å². The number of likely N-dealkylation sites (tertiary alicyclic amines) is 2. The van der Waals surface area contributed by atoms with Crippen LogP contribution < -0.4 is 4.74 Å². The van der Waals surface area contributed by atoms with Crippen LogP contribution in [0.3, 0.4) is 0 Å². The first-order valence-electron chi connectivity index (χ1n) is 12.5. The fourth-order valence-corrected chi connectivity index (χ4v) is 5.40. The van der Waals surface area contributed by atoms with Gasteiger partial charge in [0.05, 0.1) is 22.4 Å². The van der Waals surface area contributed by atoms with Crippen LogP contribution in [0.5, 0.6) is 11.6 Å². The summed E-state index contributed by atoms with van der Waals surface area (Å²) in [6.45, 7) is 3.37. The maximum atomic E-state index is 13.3. The van der Waals surface area contributed by atoms with E-state index in [1.807, 2.05) is 9.80 Å². The predicted octanol–water partition coefficient (Wildman–Crippen LogP) is 5.05. The van der Waals surface area contributed by atoms with Crippen LogP contribution in [0.2, 0.25) is 5.02 Å². The molecule has 2 amide bonds. The number of amides is 2. The van der Waals surface area contributed by atoms with Crippen molar-refractivity contribution in [3.8, 4) is 11.6 Å². The van der Waals surface area contributed by atoms with E-state index in [2.05, 4.69) is 4.98 Å². The zero-order valence-electron chi connectivity index (χ0n) is 20.9. The summed E-state index contributed by atoms with van der Waals surface area (Å²) < 4.78 is 5.71. The molecule has 1 aromatic heterocycles. The molecule has 196 valence electrons. The second kappa shape index (κ2) is 10.8. The molecule has 0 bridgehead atoms. The van der Waals surface area contributed by atoms with E-state index in [1.54, 1.807) is 55.5 Å². The summed E-state index contributed by atoms with van der Waals surface area (Å²) in [5.74, 6) is 1.02. The van der Waals surface area contributed by atoms with Gasteiger partial charge < -0.3 is 14.5 Å². The number of hydrogen-bond acceptors (Lipinski definition) is 6. The van der Waals surface area contributed by atoms with Gasteiger partial charge in [0.2, 0.25) is 11.8 Å². The molecule has 3 aromatic rings. The van der Waals surface area contributed by atoms with Gasteiger partial charge in [-0.25, -0.2) is 4.98 Å². The summed E-state index contributed by atoms with van der Waals surface area (Å²) in [6.07, 6.45) is 3.42. The number of carbonyl (C=O) groups is 2. The van der Waals surface area contributed by atoms with E-state index in [9.17, 15) is 19.7 Å². The standard InChI is InChI=1S/C28H27ClN4O5/c1-18-4-5-19(13-24(18)33(36)37)14-27(34)32-12-2-3-21-16-31(17-25(21)32)28(35)20-6-9-23(10-7-20)38-26-11-8-22(29)15-30-26/h4-11,13,15,21,25H,2-3,12,14,16-17H2,1H3/t21-,25-/m1/s1. The van der Waals surface area contributed by atoms with Gasteiger partial charge in [0.15, 0.2) is 0 Å². The highest BCUT2D eigenvalue weighted by atomic mass is 35.5. The van der Waals surface area contributed by atoms with Gasteiger partial charge >= 0.3 is 0 Å². The third kappa shape index (κ3) is 5.47. The summed E-state index contributed by atoms with van der Waals surface area (Å²) in [5, 5.41) is 11.8. The van der Waals surface area contributed by atoms with Gasteiger partial charge in [0.25, 0.3) is 11.6 Å². The molecule has 0 N–H and O–H groups in total. The summed E-state index contributed by atoms with van der Waals surface area (Å²) in [6, 6.07) is 15.1. The summed E-state index contributed by atoms with van der Waals surface area (Å²) in [7, 11) is 0. The minimum Gasteiger partial charge on any atom is -0.439 e. The Balaban J connectivity index is 1.23. The number of halogens is 1. The number of aryl methyl sites for hydroxylation is 1. The lowest BCUT2D eigenvalue weighted by molar-refractivity contribution is -0.385. The monoisotopic (exact) mass is 534 g/mol. The van der Waals surface area contributed by atoms with Crippen LogP contribution in [-0.2, 0) is 11.2 Å². The molecule has 3 heterocycles.